The lowest BCUT2D eigenvalue weighted by atomic mass is 10.1. The number of ketones is 1. The fourth-order valence-electron chi connectivity index (χ4n) is 1.56. The highest BCUT2D eigenvalue weighted by molar-refractivity contribution is 7.99. The van der Waals surface area contributed by atoms with Gasteiger partial charge in [0.2, 0.25) is 0 Å². The maximum absolute atomic E-state index is 12.2. The second-order valence-corrected chi connectivity index (χ2v) is 4.68. The summed E-state index contributed by atoms with van der Waals surface area (Å²) in [4.78, 5) is 20.1. The molecule has 0 bridgehead atoms. The summed E-state index contributed by atoms with van der Waals surface area (Å²) in [5, 5.41) is 0.789. The van der Waals surface area contributed by atoms with E-state index in [1.807, 2.05) is 25.1 Å². The van der Waals surface area contributed by atoms with Gasteiger partial charge in [0.05, 0.1) is 22.9 Å². The predicted molar refractivity (Wildman–Crippen MR) is 74.7 cm³/mol. The van der Waals surface area contributed by atoms with E-state index in [4.69, 9.17) is 4.74 Å². The lowest BCUT2D eigenvalue weighted by Crippen LogP contribution is -2.06. The summed E-state index contributed by atoms with van der Waals surface area (Å²) < 4.78 is 5.45. The molecule has 2 aromatic rings. The summed E-state index contributed by atoms with van der Waals surface area (Å²) in [7, 11) is 0. The van der Waals surface area contributed by atoms with Gasteiger partial charge in [-0.2, -0.15) is 0 Å². The van der Waals surface area contributed by atoms with Gasteiger partial charge < -0.3 is 4.74 Å². The van der Waals surface area contributed by atoms with E-state index in [1.54, 1.807) is 18.3 Å². The van der Waals surface area contributed by atoms with Crippen molar-refractivity contribution in [1.29, 1.82) is 0 Å². The van der Waals surface area contributed by atoms with E-state index in [2.05, 4.69) is 9.97 Å². The van der Waals surface area contributed by atoms with E-state index in [1.165, 1.54) is 18.1 Å². The van der Waals surface area contributed by atoms with Crippen LogP contribution < -0.4 is 4.74 Å². The number of thioether (sulfide) groups is 1. The van der Waals surface area contributed by atoms with Crippen LogP contribution in [0, 0.1) is 0 Å². The molecule has 0 atom stereocenters. The number of Topliss-reactive ketones (excluding diaryl/α,β-unsaturated/α-hetero) is 1. The first-order valence-corrected chi connectivity index (χ1v) is 6.93. The Labute approximate surface area is 116 Å². The molecular weight excluding hydrogens is 260 g/mol. The molecule has 0 aliphatic heterocycles. The molecule has 0 amide bonds. The van der Waals surface area contributed by atoms with Crippen molar-refractivity contribution in [3.05, 3.63) is 48.4 Å². The minimum atomic E-state index is 0.0349. The quantitative estimate of drug-likeness (QED) is 0.460. The molecule has 1 aromatic heterocycles. The molecule has 0 fully saturated rings. The van der Waals surface area contributed by atoms with Gasteiger partial charge in [-0.15, -0.1) is 0 Å². The van der Waals surface area contributed by atoms with Crippen molar-refractivity contribution < 1.29 is 9.53 Å². The molecular formula is C14H14N2O2S. The first kappa shape index (κ1) is 13.5. The Kier molecular flexibility index (Phi) is 4.92. The van der Waals surface area contributed by atoms with E-state index in [0.717, 1.165) is 5.03 Å². The minimum Gasteiger partial charge on any atom is -0.493 e. The van der Waals surface area contributed by atoms with Crippen molar-refractivity contribution in [3.63, 3.8) is 0 Å². The molecule has 4 nitrogen and oxygen atoms in total. The molecule has 5 heteroatoms. The van der Waals surface area contributed by atoms with Crippen LogP contribution in [0.25, 0.3) is 0 Å². The SMILES string of the molecule is CCOc1ccccc1C(=O)CSc1ccncn1. The fourth-order valence-corrected chi connectivity index (χ4v) is 2.27. The van der Waals surface area contributed by atoms with Gasteiger partial charge in [0.25, 0.3) is 0 Å². The average molecular weight is 274 g/mol. The van der Waals surface area contributed by atoms with Gasteiger partial charge >= 0.3 is 0 Å². The smallest absolute Gasteiger partial charge is 0.176 e. The lowest BCUT2D eigenvalue weighted by Gasteiger charge is -2.08. The van der Waals surface area contributed by atoms with Crippen LogP contribution in [0.2, 0.25) is 0 Å². The highest BCUT2D eigenvalue weighted by Crippen LogP contribution is 2.22. The molecule has 0 aliphatic carbocycles. The van der Waals surface area contributed by atoms with E-state index < -0.39 is 0 Å². The second-order valence-electron chi connectivity index (χ2n) is 3.69. The van der Waals surface area contributed by atoms with Gasteiger partial charge in [-0.25, -0.2) is 9.97 Å². The molecule has 19 heavy (non-hydrogen) atoms. The fraction of sp³-hybridized carbons (Fsp3) is 0.214. The monoisotopic (exact) mass is 274 g/mol. The number of benzene rings is 1. The Balaban J connectivity index is 2.04. The van der Waals surface area contributed by atoms with Gasteiger partial charge in [0.15, 0.2) is 5.78 Å². The average Bonchev–Trinajstić information content (AvgIpc) is 2.47. The third-order valence-corrected chi connectivity index (χ3v) is 3.34. The molecule has 0 aliphatic rings. The molecule has 98 valence electrons. The Hall–Kier alpha value is -1.88. The van der Waals surface area contributed by atoms with Gasteiger partial charge in [-0.1, -0.05) is 23.9 Å². The van der Waals surface area contributed by atoms with E-state index >= 15 is 0 Å². The van der Waals surface area contributed by atoms with Crippen LogP contribution in [0.3, 0.4) is 0 Å². The van der Waals surface area contributed by atoms with Crippen molar-refractivity contribution in [2.75, 3.05) is 12.4 Å². The standard InChI is InChI=1S/C14H14N2O2S/c1-2-18-13-6-4-3-5-11(13)12(17)9-19-14-7-8-15-10-16-14/h3-8,10H,2,9H2,1H3. The van der Waals surface area contributed by atoms with Crippen LogP contribution in [-0.4, -0.2) is 28.1 Å². The Bertz CT molecular complexity index is 546. The lowest BCUT2D eigenvalue weighted by molar-refractivity contribution is 0.101. The number of hydrogen-bond acceptors (Lipinski definition) is 5. The first-order valence-electron chi connectivity index (χ1n) is 5.95. The molecule has 1 heterocycles. The first-order chi connectivity index (χ1) is 9.31. The molecule has 0 N–H and O–H groups in total. The van der Waals surface area contributed by atoms with Gasteiger partial charge in [-0.05, 0) is 25.1 Å². The van der Waals surface area contributed by atoms with Crippen LogP contribution in [-0.2, 0) is 0 Å². The van der Waals surface area contributed by atoms with Crippen molar-refractivity contribution >= 4 is 17.5 Å². The number of carbonyl (C=O) groups is 1. The van der Waals surface area contributed by atoms with Crippen LogP contribution in [0.15, 0.2) is 47.9 Å². The number of nitrogens with zero attached hydrogens (tertiary/aromatic N) is 2. The van der Waals surface area contributed by atoms with Crippen LogP contribution in [0.4, 0.5) is 0 Å². The highest BCUT2D eigenvalue weighted by Gasteiger charge is 2.12. The molecule has 0 saturated heterocycles. The topological polar surface area (TPSA) is 52.1 Å². The normalized spacial score (nSPS) is 10.2. The number of ether oxygens (including phenoxy) is 1. The van der Waals surface area contributed by atoms with Crippen molar-refractivity contribution in [1.82, 2.24) is 9.97 Å². The zero-order valence-electron chi connectivity index (χ0n) is 10.6. The number of para-hydroxylation sites is 1. The zero-order chi connectivity index (χ0) is 13.5. The Morgan fingerprint density at radius 2 is 2.16 bits per heavy atom. The summed E-state index contributed by atoms with van der Waals surface area (Å²) in [6, 6.07) is 9.08. The Morgan fingerprint density at radius 1 is 1.32 bits per heavy atom. The summed E-state index contributed by atoms with van der Waals surface area (Å²) in [5.74, 6) is 1.01. The van der Waals surface area contributed by atoms with Crippen molar-refractivity contribution in [3.8, 4) is 5.75 Å². The maximum atomic E-state index is 12.2. The Morgan fingerprint density at radius 3 is 2.89 bits per heavy atom. The van der Waals surface area contributed by atoms with Gasteiger partial charge in [0.1, 0.15) is 12.1 Å². The number of hydrogen-bond donors (Lipinski definition) is 0. The van der Waals surface area contributed by atoms with Crippen LogP contribution >= 0.6 is 11.8 Å². The minimum absolute atomic E-state index is 0.0349. The summed E-state index contributed by atoms with van der Waals surface area (Å²) in [6.07, 6.45) is 3.13. The van der Waals surface area contributed by atoms with E-state index in [-0.39, 0.29) is 5.78 Å². The highest BCUT2D eigenvalue weighted by atomic mass is 32.2. The zero-order valence-corrected chi connectivity index (χ0v) is 11.4. The summed E-state index contributed by atoms with van der Waals surface area (Å²) >= 11 is 1.39. The van der Waals surface area contributed by atoms with Crippen molar-refractivity contribution in [2.45, 2.75) is 11.9 Å². The molecule has 0 radical (unpaired) electrons. The second kappa shape index (κ2) is 6.89. The van der Waals surface area contributed by atoms with Gasteiger partial charge in [0, 0.05) is 6.20 Å². The molecule has 2 rings (SSSR count). The predicted octanol–water partition coefficient (Wildman–Crippen LogP) is 2.85. The van der Waals surface area contributed by atoms with Crippen LogP contribution in [0.5, 0.6) is 5.75 Å². The van der Waals surface area contributed by atoms with Crippen LogP contribution in [0.1, 0.15) is 17.3 Å². The summed E-state index contributed by atoms with van der Waals surface area (Å²) in [5.41, 5.74) is 0.617. The number of aromatic nitrogens is 2. The number of rotatable bonds is 6. The van der Waals surface area contributed by atoms with E-state index in [0.29, 0.717) is 23.7 Å². The third kappa shape index (κ3) is 3.79. The maximum Gasteiger partial charge on any atom is 0.176 e. The van der Waals surface area contributed by atoms with Gasteiger partial charge in [-0.3, -0.25) is 4.79 Å². The largest absolute Gasteiger partial charge is 0.493 e. The number of carbonyl (C=O) groups excluding carboxylic acids is 1. The van der Waals surface area contributed by atoms with Crippen molar-refractivity contribution in [2.24, 2.45) is 0 Å². The summed E-state index contributed by atoms with van der Waals surface area (Å²) in [6.45, 7) is 2.44. The molecule has 1 aromatic carbocycles. The van der Waals surface area contributed by atoms with E-state index in [9.17, 15) is 4.79 Å². The third-order valence-electron chi connectivity index (χ3n) is 2.39. The molecule has 0 unspecified atom stereocenters. The molecule has 0 saturated carbocycles. The molecule has 0 spiro atoms.